The molecule has 1 heterocycles. The van der Waals surface area contributed by atoms with Gasteiger partial charge in [0.25, 0.3) is 0 Å². The van der Waals surface area contributed by atoms with E-state index < -0.39 is 0 Å². The van der Waals surface area contributed by atoms with Crippen LogP contribution in [0.25, 0.3) is 0 Å². The third-order valence-corrected chi connectivity index (χ3v) is 3.85. The fraction of sp³-hybridized carbons (Fsp3) is 0.467. The highest BCUT2D eigenvalue weighted by Gasteiger charge is 2.20. The minimum absolute atomic E-state index is 0.328. The van der Waals surface area contributed by atoms with Gasteiger partial charge < -0.3 is 10.2 Å². The summed E-state index contributed by atoms with van der Waals surface area (Å²) in [6.07, 6.45) is 6.11. The molecular weight excluding hydrogens is 238 g/mol. The monoisotopic (exact) mass is 257 g/mol. The number of aromatic nitrogens is 2. The molecule has 0 aliphatic heterocycles. The molecule has 0 bridgehead atoms. The fourth-order valence-electron chi connectivity index (χ4n) is 2.74. The van der Waals surface area contributed by atoms with E-state index in [2.05, 4.69) is 10.2 Å². The molecule has 1 aliphatic carbocycles. The third kappa shape index (κ3) is 2.84. The van der Waals surface area contributed by atoms with E-state index in [0.717, 1.165) is 17.9 Å². The summed E-state index contributed by atoms with van der Waals surface area (Å²) in [5, 5.41) is 8.22. The van der Waals surface area contributed by atoms with Crippen LogP contribution in [-0.2, 0) is 6.42 Å². The van der Waals surface area contributed by atoms with Gasteiger partial charge in [0.2, 0.25) is 11.8 Å². The molecule has 1 aromatic heterocycles. The van der Waals surface area contributed by atoms with Gasteiger partial charge in [-0.2, -0.15) is 0 Å². The molecular formula is C15H19N3O. The van der Waals surface area contributed by atoms with Crippen LogP contribution in [-0.4, -0.2) is 10.2 Å². The maximum Gasteiger partial charge on any atom is 0.237 e. The summed E-state index contributed by atoms with van der Waals surface area (Å²) in [6.45, 7) is 0. The first kappa shape index (κ1) is 12.4. The highest BCUT2D eigenvalue weighted by Crippen LogP contribution is 2.28. The molecule has 1 aliphatic rings. The fourth-order valence-corrected chi connectivity index (χ4v) is 2.74. The van der Waals surface area contributed by atoms with Crippen LogP contribution in [0.1, 0.15) is 49.1 Å². The van der Waals surface area contributed by atoms with Crippen molar-refractivity contribution in [3.8, 4) is 0 Å². The Morgan fingerprint density at radius 2 is 1.89 bits per heavy atom. The van der Waals surface area contributed by atoms with E-state index in [1.165, 1.54) is 25.7 Å². The van der Waals surface area contributed by atoms with Crippen LogP contribution in [0.2, 0.25) is 0 Å². The second-order valence-corrected chi connectivity index (χ2v) is 5.28. The van der Waals surface area contributed by atoms with Crippen molar-refractivity contribution >= 4 is 0 Å². The Kier molecular flexibility index (Phi) is 3.60. The largest absolute Gasteiger partial charge is 0.423 e. The van der Waals surface area contributed by atoms with Crippen molar-refractivity contribution in [1.82, 2.24) is 10.2 Å². The summed E-state index contributed by atoms with van der Waals surface area (Å²) >= 11 is 0. The van der Waals surface area contributed by atoms with Gasteiger partial charge in [-0.3, -0.25) is 0 Å². The molecule has 0 spiro atoms. The lowest BCUT2D eigenvalue weighted by Gasteiger charge is -2.07. The molecule has 2 aromatic rings. The van der Waals surface area contributed by atoms with Crippen molar-refractivity contribution in [3.63, 3.8) is 0 Å². The maximum absolute atomic E-state index is 6.14. The van der Waals surface area contributed by atoms with E-state index >= 15 is 0 Å². The third-order valence-electron chi connectivity index (χ3n) is 3.85. The second-order valence-electron chi connectivity index (χ2n) is 5.28. The van der Waals surface area contributed by atoms with Gasteiger partial charge >= 0.3 is 0 Å². The van der Waals surface area contributed by atoms with Crippen molar-refractivity contribution in [1.29, 1.82) is 0 Å². The number of nitrogens with two attached hydrogens (primary N) is 1. The van der Waals surface area contributed by atoms with Crippen molar-refractivity contribution in [2.75, 3.05) is 0 Å². The quantitative estimate of drug-likeness (QED) is 0.914. The van der Waals surface area contributed by atoms with Crippen LogP contribution >= 0.6 is 0 Å². The summed E-state index contributed by atoms with van der Waals surface area (Å²) in [5.41, 5.74) is 7.14. The highest BCUT2D eigenvalue weighted by atomic mass is 16.4. The van der Waals surface area contributed by atoms with Crippen LogP contribution in [0.15, 0.2) is 34.7 Å². The summed E-state index contributed by atoms with van der Waals surface area (Å²) in [4.78, 5) is 0. The van der Waals surface area contributed by atoms with Gasteiger partial charge in [-0.05, 0) is 24.3 Å². The lowest BCUT2D eigenvalue weighted by molar-refractivity contribution is 0.398. The SMILES string of the molecule is NC(c1ccccc1)c1nnc(CC2CCCC2)o1. The molecule has 100 valence electrons. The van der Waals surface area contributed by atoms with Crippen LogP contribution in [0.4, 0.5) is 0 Å². The van der Waals surface area contributed by atoms with Crippen LogP contribution in [0.5, 0.6) is 0 Å². The zero-order valence-corrected chi connectivity index (χ0v) is 11.0. The minimum atomic E-state index is -0.328. The second kappa shape index (κ2) is 5.53. The zero-order chi connectivity index (χ0) is 13.1. The summed E-state index contributed by atoms with van der Waals surface area (Å²) < 4.78 is 5.71. The Bertz CT molecular complexity index is 517. The van der Waals surface area contributed by atoms with Gasteiger partial charge in [-0.1, -0.05) is 43.2 Å². The molecule has 1 saturated carbocycles. The maximum atomic E-state index is 6.14. The summed E-state index contributed by atoms with van der Waals surface area (Å²) in [6, 6.07) is 9.52. The minimum Gasteiger partial charge on any atom is -0.423 e. The topological polar surface area (TPSA) is 64.9 Å². The molecule has 19 heavy (non-hydrogen) atoms. The summed E-state index contributed by atoms with van der Waals surface area (Å²) in [7, 11) is 0. The average Bonchev–Trinajstić information content (AvgIpc) is 3.11. The summed E-state index contributed by atoms with van der Waals surface area (Å²) in [5.74, 6) is 1.95. The van der Waals surface area contributed by atoms with E-state index in [-0.39, 0.29) is 6.04 Å². The van der Waals surface area contributed by atoms with Crippen molar-refractivity contribution in [2.24, 2.45) is 11.7 Å². The van der Waals surface area contributed by atoms with Crippen LogP contribution in [0, 0.1) is 5.92 Å². The smallest absolute Gasteiger partial charge is 0.237 e. The molecule has 1 fully saturated rings. The van der Waals surface area contributed by atoms with E-state index in [9.17, 15) is 0 Å². The van der Waals surface area contributed by atoms with E-state index in [1.807, 2.05) is 30.3 Å². The number of hydrogen-bond acceptors (Lipinski definition) is 4. The molecule has 1 atom stereocenters. The van der Waals surface area contributed by atoms with Crippen molar-refractivity contribution in [2.45, 2.75) is 38.1 Å². The van der Waals surface area contributed by atoms with Crippen molar-refractivity contribution < 1.29 is 4.42 Å². The molecule has 3 rings (SSSR count). The van der Waals surface area contributed by atoms with Gasteiger partial charge in [0, 0.05) is 6.42 Å². The molecule has 1 aromatic carbocycles. The van der Waals surface area contributed by atoms with Gasteiger partial charge in [-0.25, -0.2) is 0 Å². The van der Waals surface area contributed by atoms with E-state index in [0.29, 0.717) is 11.8 Å². The number of hydrogen-bond donors (Lipinski definition) is 1. The lowest BCUT2D eigenvalue weighted by atomic mass is 10.0. The normalized spacial score (nSPS) is 17.7. The van der Waals surface area contributed by atoms with E-state index in [4.69, 9.17) is 10.2 Å². The standard InChI is InChI=1S/C15H19N3O/c16-14(12-8-2-1-3-9-12)15-18-17-13(19-15)10-11-6-4-5-7-11/h1-3,8-9,11,14H,4-7,10,16H2. The average molecular weight is 257 g/mol. The zero-order valence-electron chi connectivity index (χ0n) is 11.0. The first-order valence-corrected chi connectivity index (χ1v) is 6.96. The predicted molar refractivity (Wildman–Crippen MR) is 72.4 cm³/mol. The molecule has 0 saturated heterocycles. The van der Waals surface area contributed by atoms with Gasteiger partial charge in [-0.15, -0.1) is 10.2 Å². The molecule has 2 N–H and O–H groups in total. The number of benzene rings is 1. The first-order valence-electron chi connectivity index (χ1n) is 6.96. The molecule has 4 heteroatoms. The van der Waals surface area contributed by atoms with Crippen molar-refractivity contribution in [3.05, 3.63) is 47.7 Å². The first-order chi connectivity index (χ1) is 9.33. The van der Waals surface area contributed by atoms with Gasteiger partial charge in [0.1, 0.15) is 6.04 Å². The predicted octanol–water partition coefficient (Wildman–Crippen LogP) is 2.85. The Morgan fingerprint density at radius 3 is 2.63 bits per heavy atom. The Hall–Kier alpha value is -1.68. The highest BCUT2D eigenvalue weighted by molar-refractivity contribution is 5.22. The van der Waals surface area contributed by atoms with Gasteiger partial charge in [0.05, 0.1) is 0 Å². The van der Waals surface area contributed by atoms with Gasteiger partial charge in [0.15, 0.2) is 0 Å². The van der Waals surface area contributed by atoms with Crippen LogP contribution < -0.4 is 5.73 Å². The van der Waals surface area contributed by atoms with Crippen LogP contribution in [0.3, 0.4) is 0 Å². The Balaban J connectivity index is 1.70. The molecule has 1 unspecified atom stereocenters. The Labute approximate surface area is 113 Å². The Morgan fingerprint density at radius 1 is 1.16 bits per heavy atom. The molecule has 0 radical (unpaired) electrons. The molecule has 4 nitrogen and oxygen atoms in total. The number of nitrogens with zero attached hydrogens (tertiary/aromatic N) is 2. The lowest BCUT2D eigenvalue weighted by Crippen LogP contribution is -2.12. The number of rotatable bonds is 4. The van der Waals surface area contributed by atoms with E-state index in [1.54, 1.807) is 0 Å². The molecule has 0 amide bonds.